The van der Waals surface area contributed by atoms with Gasteiger partial charge < -0.3 is 5.73 Å². The number of hydrogen-bond donors (Lipinski definition) is 1. The highest BCUT2D eigenvalue weighted by molar-refractivity contribution is 4.98. The first kappa shape index (κ1) is 6.66. The van der Waals surface area contributed by atoms with E-state index in [0.29, 0.717) is 6.04 Å². The molecule has 2 aliphatic rings. The molecule has 2 rings (SSSR count). The Morgan fingerprint density at radius 1 is 1.30 bits per heavy atom. The van der Waals surface area contributed by atoms with Crippen molar-refractivity contribution in [2.24, 2.45) is 23.5 Å². The summed E-state index contributed by atoms with van der Waals surface area (Å²) in [5.41, 5.74) is 5.99. The van der Waals surface area contributed by atoms with Gasteiger partial charge in [0, 0.05) is 6.04 Å². The third-order valence-corrected chi connectivity index (χ3v) is 3.64. The molecule has 58 valence electrons. The van der Waals surface area contributed by atoms with Crippen molar-refractivity contribution in [2.45, 2.75) is 38.6 Å². The zero-order valence-electron chi connectivity index (χ0n) is 6.72. The SMILES string of the molecule is CCC1CC(N)C2CCC12. The Bertz CT molecular complexity index is 131. The molecule has 0 aromatic heterocycles. The van der Waals surface area contributed by atoms with E-state index < -0.39 is 0 Å². The standard InChI is InChI=1S/C9H17N/c1-2-6-5-9(10)8-4-3-7(6)8/h6-9H,2-5,10H2,1H3. The lowest BCUT2D eigenvalue weighted by atomic mass is 9.71. The fraction of sp³-hybridized carbons (Fsp3) is 1.00. The van der Waals surface area contributed by atoms with Gasteiger partial charge in [-0.25, -0.2) is 0 Å². The molecule has 0 amide bonds. The molecule has 0 aromatic rings. The molecule has 0 bridgehead atoms. The van der Waals surface area contributed by atoms with Crippen molar-refractivity contribution in [3.63, 3.8) is 0 Å². The number of rotatable bonds is 1. The lowest BCUT2D eigenvalue weighted by molar-refractivity contribution is 0.160. The molecular weight excluding hydrogens is 122 g/mol. The van der Waals surface area contributed by atoms with Gasteiger partial charge in [0.25, 0.3) is 0 Å². The van der Waals surface area contributed by atoms with Gasteiger partial charge in [-0.2, -0.15) is 0 Å². The minimum Gasteiger partial charge on any atom is -0.327 e. The summed E-state index contributed by atoms with van der Waals surface area (Å²) in [4.78, 5) is 0. The maximum atomic E-state index is 5.99. The fourth-order valence-electron chi connectivity index (χ4n) is 2.84. The van der Waals surface area contributed by atoms with Crippen LogP contribution in [0.15, 0.2) is 0 Å². The van der Waals surface area contributed by atoms with Gasteiger partial charge >= 0.3 is 0 Å². The van der Waals surface area contributed by atoms with Gasteiger partial charge in [0.1, 0.15) is 0 Å². The molecule has 10 heavy (non-hydrogen) atoms. The molecule has 2 saturated carbocycles. The van der Waals surface area contributed by atoms with Crippen molar-refractivity contribution < 1.29 is 0 Å². The summed E-state index contributed by atoms with van der Waals surface area (Å²) in [6.45, 7) is 2.30. The van der Waals surface area contributed by atoms with Crippen molar-refractivity contribution in [2.75, 3.05) is 0 Å². The highest BCUT2D eigenvalue weighted by Gasteiger charge is 2.45. The minimum absolute atomic E-state index is 0.559. The van der Waals surface area contributed by atoms with E-state index in [0.717, 1.165) is 17.8 Å². The first-order chi connectivity index (χ1) is 4.83. The van der Waals surface area contributed by atoms with Crippen LogP contribution in [0.25, 0.3) is 0 Å². The van der Waals surface area contributed by atoms with Crippen LogP contribution in [0.1, 0.15) is 32.6 Å². The zero-order valence-corrected chi connectivity index (χ0v) is 6.72. The molecule has 0 saturated heterocycles. The average molecular weight is 139 g/mol. The van der Waals surface area contributed by atoms with Crippen molar-refractivity contribution in [1.29, 1.82) is 0 Å². The second-order valence-corrected chi connectivity index (χ2v) is 3.97. The molecule has 2 aliphatic carbocycles. The molecule has 1 heteroatoms. The topological polar surface area (TPSA) is 26.0 Å². The van der Waals surface area contributed by atoms with Crippen molar-refractivity contribution in [3.05, 3.63) is 0 Å². The second-order valence-electron chi connectivity index (χ2n) is 3.97. The third kappa shape index (κ3) is 0.731. The van der Waals surface area contributed by atoms with Gasteiger partial charge in [0.15, 0.2) is 0 Å². The predicted molar refractivity (Wildman–Crippen MR) is 42.6 cm³/mol. The highest BCUT2D eigenvalue weighted by atomic mass is 14.7. The number of hydrogen-bond acceptors (Lipinski definition) is 1. The van der Waals surface area contributed by atoms with Gasteiger partial charge in [-0.15, -0.1) is 0 Å². The van der Waals surface area contributed by atoms with E-state index in [9.17, 15) is 0 Å². The Hall–Kier alpha value is -0.0400. The maximum Gasteiger partial charge on any atom is 0.00726 e. The monoisotopic (exact) mass is 139 g/mol. The minimum atomic E-state index is 0.559. The van der Waals surface area contributed by atoms with Crippen LogP contribution < -0.4 is 5.73 Å². The van der Waals surface area contributed by atoms with E-state index >= 15 is 0 Å². The molecule has 0 radical (unpaired) electrons. The Kier molecular flexibility index (Phi) is 1.48. The summed E-state index contributed by atoms with van der Waals surface area (Å²) in [5.74, 6) is 2.93. The lowest BCUT2D eigenvalue weighted by Crippen LogP contribution is -2.34. The molecular formula is C9H17N. The predicted octanol–water partition coefficient (Wildman–Crippen LogP) is 1.77. The molecule has 1 nitrogen and oxygen atoms in total. The summed E-state index contributed by atoms with van der Waals surface area (Å²) in [6.07, 6.45) is 5.56. The summed E-state index contributed by atoms with van der Waals surface area (Å²) in [7, 11) is 0. The van der Waals surface area contributed by atoms with E-state index in [2.05, 4.69) is 6.92 Å². The lowest BCUT2D eigenvalue weighted by Gasteiger charge is -2.35. The van der Waals surface area contributed by atoms with E-state index in [-0.39, 0.29) is 0 Å². The summed E-state index contributed by atoms with van der Waals surface area (Å²) >= 11 is 0. The van der Waals surface area contributed by atoms with Gasteiger partial charge in [-0.3, -0.25) is 0 Å². The van der Waals surface area contributed by atoms with Crippen LogP contribution in [0.4, 0.5) is 0 Å². The van der Waals surface area contributed by atoms with Crippen molar-refractivity contribution in [3.8, 4) is 0 Å². The van der Waals surface area contributed by atoms with Crippen LogP contribution in [0.5, 0.6) is 0 Å². The van der Waals surface area contributed by atoms with Crippen LogP contribution in [0.2, 0.25) is 0 Å². The summed E-state index contributed by atoms with van der Waals surface area (Å²) in [5, 5.41) is 0. The first-order valence-corrected chi connectivity index (χ1v) is 4.58. The Balaban J connectivity index is 2.02. The second kappa shape index (κ2) is 2.23. The number of fused-ring (bicyclic) bond motifs is 1. The number of nitrogens with two attached hydrogens (primary N) is 1. The quantitative estimate of drug-likeness (QED) is 0.588. The molecule has 4 unspecified atom stereocenters. The molecule has 0 heterocycles. The molecule has 0 aliphatic heterocycles. The van der Waals surface area contributed by atoms with Crippen LogP contribution in [-0.4, -0.2) is 6.04 Å². The molecule has 4 atom stereocenters. The van der Waals surface area contributed by atoms with Gasteiger partial charge in [-0.05, 0) is 37.0 Å². The van der Waals surface area contributed by atoms with Crippen LogP contribution >= 0.6 is 0 Å². The van der Waals surface area contributed by atoms with Crippen molar-refractivity contribution in [1.82, 2.24) is 0 Å². The largest absolute Gasteiger partial charge is 0.327 e. The Morgan fingerprint density at radius 3 is 2.30 bits per heavy atom. The van der Waals surface area contributed by atoms with Crippen LogP contribution in [0, 0.1) is 17.8 Å². The van der Waals surface area contributed by atoms with Crippen molar-refractivity contribution >= 4 is 0 Å². The fourth-order valence-corrected chi connectivity index (χ4v) is 2.84. The van der Waals surface area contributed by atoms with Gasteiger partial charge in [0.05, 0.1) is 0 Å². The maximum absolute atomic E-state index is 5.99. The normalized spacial score (nSPS) is 52.2. The summed E-state index contributed by atoms with van der Waals surface area (Å²) < 4.78 is 0. The Morgan fingerprint density at radius 2 is 2.00 bits per heavy atom. The zero-order chi connectivity index (χ0) is 7.14. The van der Waals surface area contributed by atoms with Crippen LogP contribution in [-0.2, 0) is 0 Å². The molecule has 0 aromatic carbocycles. The molecule has 2 N–H and O–H groups in total. The first-order valence-electron chi connectivity index (χ1n) is 4.58. The average Bonchev–Trinajstić information content (AvgIpc) is 2.02. The van der Waals surface area contributed by atoms with Gasteiger partial charge in [0.2, 0.25) is 0 Å². The third-order valence-electron chi connectivity index (χ3n) is 3.64. The Labute approximate surface area is 63.0 Å². The van der Waals surface area contributed by atoms with E-state index in [1.807, 2.05) is 0 Å². The molecule has 0 spiro atoms. The van der Waals surface area contributed by atoms with E-state index in [1.165, 1.54) is 25.7 Å². The van der Waals surface area contributed by atoms with E-state index in [1.54, 1.807) is 0 Å². The smallest absolute Gasteiger partial charge is 0.00726 e. The van der Waals surface area contributed by atoms with Gasteiger partial charge in [-0.1, -0.05) is 13.3 Å². The molecule has 2 fully saturated rings. The van der Waals surface area contributed by atoms with Crippen LogP contribution in [0.3, 0.4) is 0 Å². The highest BCUT2D eigenvalue weighted by Crippen LogP contribution is 2.50. The summed E-state index contributed by atoms with van der Waals surface area (Å²) in [6, 6.07) is 0.559. The van der Waals surface area contributed by atoms with E-state index in [4.69, 9.17) is 5.73 Å².